The van der Waals surface area contributed by atoms with Crippen molar-refractivity contribution in [3.8, 4) is 0 Å². The fourth-order valence-electron chi connectivity index (χ4n) is 2.56. The van der Waals surface area contributed by atoms with Crippen LogP contribution in [0.1, 0.15) is 32.3 Å². The Labute approximate surface area is 183 Å². The number of carbonyl (C=O) groups excluding carboxylic acids is 4. The molecule has 11 heteroatoms. The Kier molecular flexibility index (Phi) is 10.7. The number of halogens is 1. The third-order valence-electron chi connectivity index (χ3n) is 4.08. The Bertz CT molecular complexity index is 741. The fourth-order valence-corrected chi connectivity index (χ4v) is 2.94. The Morgan fingerprint density at radius 2 is 1.70 bits per heavy atom. The summed E-state index contributed by atoms with van der Waals surface area (Å²) < 4.78 is 4.87. The predicted octanol–water partition coefficient (Wildman–Crippen LogP) is 1.57. The van der Waals surface area contributed by atoms with Crippen LogP contribution in [0, 0.1) is 5.92 Å². The number of nitrogens with one attached hydrogen (secondary N) is 3. The average Bonchev–Trinajstić information content (AvgIpc) is 2.68. The topological polar surface area (TPSA) is 166 Å². The Balaban J connectivity index is 2.87. The highest BCUT2D eigenvalue weighted by Crippen LogP contribution is 2.14. The van der Waals surface area contributed by atoms with Crippen molar-refractivity contribution in [1.82, 2.24) is 10.6 Å². The van der Waals surface area contributed by atoms with Crippen molar-refractivity contribution in [3.63, 3.8) is 0 Å². The van der Waals surface area contributed by atoms with Gasteiger partial charge in [0.05, 0.1) is 0 Å². The van der Waals surface area contributed by atoms with Crippen LogP contribution >= 0.6 is 15.9 Å². The van der Waals surface area contributed by atoms with Gasteiger partial charge in [0.1, 0.15) is 6.04 Å². The molecule has 0 unspecified atom stereocenters. The maximum absolute atomic E-state index is 12.8. The first-order chi connectivity index (χ1) is 14.1. The van der Waals surface area contributed by atoms with Gasteiger partial charge in [0.2, 0.25) is 5.91 Å². The molecule has 0 heterocycles. The first kappa shape index (κ1) is 25.2. The highest BCUT2D eigenvalue weighted by Gasteiger charge is 2.29. The van der Waals surface area contributed by atoms with Gasteiger partial charge in [-0.1, -0.05) is 41.9 Å². The van der Waals surface area contributed by atoms with E-state index in [9.17, 15) is 19.2 Å². The van der Waals surface area contributed by atoms with Crippen molar-refractivity contribution in [3.05, 3.63) is 29.8 Å². The molecular formula is C19H28BrN5O5. The lowest BCUT2D eigenvalue weighted by atomic mass is 10.0. The van der Waals surface area contributed by atoms with Crippen LogP contribution in [0.25, 0.3) is 0 Å². The molecule has 1 rings (SSSR count). The van der Waals surface area contributed by atoms with E-state index in [4.69, 9.17) is 16.2 Å². The summed E-state index contributed by atoms with van der Waals surface area (Å²) in [6, 6.07) is 5.58. The molecule has 10 nitrogen and oxygen atoms in total. The SMILES string of the molecule is CC(C)[C@H](OC(N)=O)C(=O)N[C@@H](CCCNC(N)=O)C(=O)Nc1ccc(CBr)cc1. The van der Waals surface area contributed by atoms with Gasteiger partial charge in [-0.2, -0.15) is 0 Å². The molecule has 1 aromatic rings. The average molecular weight is 486 g/mol. The monoisotopic (exact) mass is 485 g/mol. The van der Waals surface area contributed by atoms with E-state index in [2.05, 4.69) is 31.9 Å². The van der Waals surface area contributed by atoms with E-state index in [1.165, 1.54) is 0 Å². The molecule has 0 radical (unpaired) electrons. The summed E-state index contributed by atoms with van der Waals surface area (Å²) in [7, 11) is 0. The van der Waals surface area contributed by atoms with Crippen molar-refractivity contribution < 1.29 is 23.9 Å². The third kappa shape index (κ3) is 9.12. The van der Waals surface area contributed by atoms with Crippen LogP contribution < -0.4 is 27.4 Å². The van der Waals surface area contributed by atoms with Gasteiger partial charge in [-0.3, -0.25) is 9.59 Å². The molecule has 166 valence electrons. The van der Waals surface area contributed by atoms with Gasteiger partial charge in [0.15, 0.2) is 6.10 Å². The molecular weight excluding hydrogens is 458 g/mol. The standard InChI is InChI=1S/C19H28BrN5O5/c1-11(2)15(30-19(22)29)17(27)25-14(4-3-9-23-18(21)28)16(26)24-13-7-5-12(10-20)6-8-13/h5-8,11,14-15H,3-4,9-10H2,1-2H3,(H2,22,29)(H,24,26)(H,25,27)(H3,21,23,28)/t14-,15-/m0/s1. The van der Waals surface area contributed by atoms with E-state index < -0.39 is 36.1 Å². The zero-order chi connectivity index (χ0) is 22.7. The molecule has 1 aromatic carbocycles. The van der Waals surface area contributed by atoms with Crippen LogP contribution in [0.2, 0.25) is 0 Å². The van der Waals surface area contributed by atoms with Crippen molar-refractivity contribution in [1.29, 1.82) is 0 Å². The molecule has 0 aliphatic rings. The second-order valence-corrected chi connectivity index (χ2v) is 7.48. The van der Waals surface area contributed by atoms with Crippen LogP contribution in [0.15, 0.2) is 24.3 Å². The number of benzene rings is 1. The van der Waals surface area contributed by atoms with Gasteiger partial charge in [0, 0.05) is 17.6 Å². The molecule has 2 atom stereocenters. The Morgan fingerprint density at radius 1 is 1.07 bits per heavy atom. The number of amides is 5. The van der Waals surface area contributed by atoms with E-state index in [-0.39, 0.29) is 18.9 Å². The smallest absolute Gasteiger partial charge is 0.405 e. The van der Waals surface area contributed by atoms with E-state index in [0.29, 0.717) is 17.4 Å². The molecule has 0 saturated carbocycles. The van der Waals surface area contributed by atoms with Gasteiger partial charge in [-0.15, -0.1) is 0 Å². The van der Waals surface area contributed by atoms with Crippen molar-refractivity contribution in [2.75, 3.05) is 11.9 Å². The first-order valence-corrected chi connectivity index (χ1v) is 10.5. The summed E-state index contributed by atoms with van der Waals surface area (Å²) in [6.45, 7) is 3.61. The van der Waals surface area contributed by atoms with Gasteiger partial charge in [0.25, 0.3) is 5.91 Å². The molecule has 0 aromatic heterocycles. The molecule has 0 aliphatic carbocycles. The molecule has 0 saturated heterocycles. The van der Waals surface area contributed by atoms with Crippen LogP contribution in [0.5, 0.6) is 0 Å². The minimum Gasteiger partial charge on any atom is -0.436 e. The number of ether oxygens (including phenoxy) is 1. The lowest BCUT2D eigenvalue weighted by Gasteiger charge is -2.24. The van der Waals surface area contributed by atoms with E-state index in [1.54, 1.807) is 26.0 Å². The zero-order valence-electron chi connectivity index (χ0n) is 16.9. The normalized spacial score (nSPS) is 12.5. The lowest BCUT2D eigenvalue weighted by Crippen LogP contribution is -2.50. The molecule has 0 fully saturated rings. The number of carbonyl (C=O) groups is 4. The van der Waals surface area contributed by atoms with Crippen LogP contribution in [-0.2, 0) is 19.7 Å². The molecule has 0 bridgehead atoms. The Morgan fingerprint density at radius 3 is 2.20 bits per heavy atom. The van der Waals surface area contributed by atoms with Gasteiger partial charge >= 0.3 is 12.1 Å². The summed E-state index contributed by atoms with van der Waals surface area (Å²) in [5, 5.41) is 8.45. The first-order valence-electron chi connectivity index (χ1n) is 9.39. The second-order valence-electron chi connectivity index (χ2n) is 6.92. The lowest BCUT2D eigenvalue weighted by molar-refractivity contribution is -0.134. The Hall–Kier alpha value is -2.82. The minimum atomic E-state index is -1.14. The van der Waals surface area contributed by atoms with Crippen molar-refractivity contribution in [2.45, 2.75) is 44.2 Å². The highest BCUT2D eigenvalue weighted by molar-refractivity contribution is 9.08. The van der Waals surface area contributed by atoms with E-state index in [0.717, 1.165) is 5.56 Å². The van der Waals surface area contributed by atoms with Crippen molar-refractivity contribution in [2.24, 2.45) is 17.4 Å². The van der Waals surface area contributed by atoms with Crippen LogP contribution in [0.3, 0.4) is 0 Å². The number of alkyl halides is 1. The number of rotatable bonds is 11. The summed E-state index contributed by atoms with van der Waals surface area (Å²) in [5.74, 6) is -1.44. The quantitative estimate of drug-likeness (QED) is 0.236. The van der Waals surface area contributed by atoms with E-state index >= 15 is 0 Å². The van der Waals surface area contributed by atoms with E-state index in [1.807, 2.05) is 12.1 Å². The molecule has 5 amide bonds. The largest absolute Gasteiger partial charge is 0.436 e. The maximum Gasteiger partial charge on any atom is 0.405 e. The fraction of sp³-hybridized carbons (Fsp3) is 0.474. The highest BCUT2D eigenvalue weighted by atomic mass is 79.9. The van der Waals surface area contributed by atoms with Gasteiger partial charge in [-0.05, 0) is 36.5 Å². The minimum absolute atomic E-state index is 0.221. The zero-order valence-corrected chi connectivity index (χ0v) is 18.5. The molecule has 0 spiro atoms. The number of nitrogens with two attached hydrogens (primary N) is 2. The summed E-state index contributed by atoms with van der Waals surface area (Å²) in [5.41, 5.74) is 11.7. The van der Waals surface area contributed by atoms with Crippen molar-refractivity contribution >= 4 is 45.6 Å². The predicted molar refractivity (Wildman–Crippen MR) is 116 cm³/mol. The molecule has 7 N–H and O–H groups in total. The number of hydrogen-bond acceptors (Lipinski definition) is 5. The van der Waals surface area contributed by atoms with Crippen LogP contribution in [0.4, 0.5) is 15.3 Å². The summed E-state index contributed by atoms with van der Waals surface area (Å²) in [6.07, 6.45) is -1.62. The summed E-state index contributed by atoms with van der Waals surface area (Å²) >= 11 is 3.35. The number of primary amides is 2. The van der Waals surface area contributed by atoms with Crippen LogP contribution in [-0.4, -0.2) is 42.6 Å². The summed E-state index contributed by atoms with van der Waals surface area (Å²) in [4.78, 5) is 47.3. The third-order valence-corrected chi connectivity index (χ3v) is 4.73. The number of anilines is 1. The number of urea groups is 1. The van der Waals surface area contributed by atoms with Gasteiger partial charge < -0.3 is 32.2 Å². The second kappa shape index (κ2) is 12.7. The molecule has 0 aliphatic heterocycles. The van der Waals surface area contributed by atoms with Gasteiger partial charge in [-0.25, -0.2) is 9.59 Å². The molecule has 30 heavy (non-hydrogen) atoms. The number of hydrogen-bond donors (Lipinski definition) is 5. The maximum atomic E-state index is 12.8.